The van der Waals surface area contributed by atoms with Crippen molar-refractivity contribution in [2.24, 2.45) is 0 Å². The van der Waals surface area contributed by atoms with Crippen molar-refractivity contribution in [3.63, 3.8) is 0 Å². The molecule has 1 rings (SSSR count). The minimum Gasteiger partial charge on any atom is -0.457 e. The number of allylic oxidation sites excluding steroid dienone is 2. The van der Waals surface area contributed by atoms with Crippen LogP contribution in [0.1, 0.15) is 213 Å². The van der Waals surface area contributed by atoms with E-state index in [1.54, 1.807) is 0 Å². The summed E-state index contributed by atoms with van der Waals surface area (Å²) in [6.45, 7) is 4.58. The van der Waals surface area contributed by atoms with E-state index in [9.17, 15) is 25.2 Å². The molecule has 6 unspecified atom stereocenters. The smallest absolute Gasteiger partial charge is 0.306 e. The molecule has 0 spiro atoms. The highest BCUT2D eigenvalue weighted by Crippen LogP contribution is 2.23. The predicted octanol–water partition coefficient (Wildman–Crippen LogP) is 10.4. The minimum absolute atomic E-state index is 0.111. The van der Waals surface area contributed by atoms with Crippen LogP contribution in [0.4, 0.5) is 0 Å². The molecule has 1 fully saturated rings. The van der Waals surface area contributed by atoms with E-state index in [0.717, 1.165) is 44.9 Å². The Hall–Kier alpha value is -1.07. The number of hydrogen-bond donors (Lipinski definition) is 4. The first-order valence-corrected chi connectivity index (χ1v) is 23.3. The maximum Gasteiger partial charge on any atom is 0.306 e. The molecule has 0 aromatic rings. The van der Waals surface area contributed by atoms with Crippen LogP contribution in [-0.2, 0) is 23.7 Å². The summed E-state index contributed by atoms with van der Waals surface area (Å²) in [5.74, 6) is -0.318. The van der Waals surface area contributed by atoms with Gasteiger partial charge in [-0.15, -0.1) is 0 Å². The van der Waals surface area contributed by atoms with Gasteiger partial charge < -0.3 is 39.4 Å². The molecule has 326 valence electrons. The van der Waals surface area contributed by atoms with Gasteiger partial charge in [-0.1, -0.05) is 180 Å². The molecular formula is C46H88O9. The molecule has 0 aromatic carbocycles. The van der Waals surface area contributed by atoms with Gasteiger partial charge >= 0.3 is 5.97 Å². The van der Waals surface area contributed by atoms with Crippen molar-refractivity contribution in [1.82, 2.24) is 0 Å². The quantitative estimate of drug-likeness (QED) is 0.0272. The van der Waals surface area contributed by atoms with E-state index < -0.39 is 43.4 Å². The number of unbranched alkanes of at least 4 members (excludes halogenated alkanes) is 27. The van der Waals surface area contributed by atoms with Crippen molar-refractivity contribution in [1.29, 1.82) is 0 Å². The van der Waals surface area contributed by atoms with Gasteiger partial charge in [0, 0.05) is 13.0 Å². The molecule has 1 aliphatic heterocycles. The Morgan fingerprint density at radius 1 is 0.564 bits per heavy atom. The van der Waals surface area contributed by atoms with E-state index >= 15 is 0 Å². The van der Waals surface area contributed by atoms with Gasteiger partial charge in [-0.05, 0) is 38.5 Å². The molecule has 0 aliphatic carbocycles. The van der Waals surface area contributed by atoms with Crippen LogP contribution in [0.3, 0.4) is 0 Å². The average Bonchev–Trinajstić information content (AvgIpc) is 3.18. The molecule has 4 N–H and O–H groups in total. The first kappa shape index (κ1) is 51.9. The Bertz CT molecular complexity index is 853. The third-order valence-electron chi connectivity index (χ3n) is 10.9. The summed E-state index contributed by atoms with van der Waals surface area (Å²) < 4.78 is 22.8. The maximum absolute atomic E-state index is 12.8. The fourth-order valence-electron chi connectivity index (χ4n) is 7.25. The lowest BCUT2D eigenvalue weighted by molar-refractivity contribution is -0.305. The first-order valence-electron chi connectivity index (χ1n) is 23.3. The van der Waals surface area contributed by atoms with E-state index in [1.807, 2.05) is 0 Å². The predicted molar refractivity (Wildman–Crippen MR) is 224 cm³/mol. The lowest BCUT2D eigenvalue weighted by atomic mass is 9.99. The van der Waals surface area contributed by atoms with Gasteiger partial charge in [-0.3, -0.25) is 4.79 Å². The summed E-state index contributed by atoms with van der Waals surface area (Å²) in [4.78, 5) is 12.8. The van der Waals surface area contributed by atoms with Crippen molar-refractivity contribution in [2.45, 2.75) is 250 Å². The van der Waals surface area contributed by atoms with Crippen LogP contribution in [0.2, 0.25) is 0 Å². The minimum atomic E-state index is -1.53. The number of aliphatic hydroxyl groups excluding tert-OH is 4. The van der Waals surface area contributed by atoms with Crippen molar-refractivity contribution in [3.05, 3.63) is 12.2 Å². The molecule has 1 saturated heterocycles. The van der Waals surface area contributed by atoms with Crippen molar-refractivity contribution >= 4 is 5.97 Å². The Morgan fingerprint density at radius 2 is 1.00 bits per heavy atom. The standard InChI is InChI=1S/C46H88O9/c1-3-5-7-9-11-13-15-17-19-20-22-24-26-28-30-32-34-36-52-38-40(39-53-46-45(51)44(50)43(49)41(37-47)55-46)54-42(48)35-33-31-29-27-25-23-21-18-16-14-12-10-8-6-4-2/h18,21,40-41,43-47,49-51H,3-17,19-20,22-39H2,1-2H3/b21-18-. The summed E-state index contributed by atoms with van der Waals surface area (Å²) in [5.41, 5.74) is 0. The molecule has 9 heteroatoms. The molecule has 0 amide bonds. The fourth-order valence-corrected chi connectivity index (χ4v) is 7.25. The second-order valence-electron chi connectivity index (χ2n) is 16.2. The Balaban J connectivity index is 2.24. The van der Waals surface area contributed by atoms with Crippen molar-refractivity contribution in [2.75, 3.05) is 26.4 Å². The number of esters is 1. The highest BCUT2D eigenvalue weighted by molar-refractivity contribution is 5.69. The molecular weight excluding hydrogens is 696 g/mol. The third kappa shape index (κ3) is 29.8. The van der Waals surface area contributed by atoms with Crippen LogP contribution < -0.4 is 0 Å². The first-order chi connectivity index (χ1) is 26.9. The van der Waals surface area contributed by atoms with Crippen LogP contribution in [-0.4, -0.2) is 89.6 Å². The lowest BCUT2D eigenvalue weighted by Gasteiger charge is -2.39. The van der Waals surface area contributed by atoms with Crippen LogP contribution in [0.15, 0.2) is 12.2 Å². The molecule has 6 atom stereocenters. The van der Waals surface area contributed by atoms with E-state index in [1.165, 1.54) is 148 Å². The summed E-state index contributed by atoms with van der Waals surface area (Å²) >= 11 is 0. The van der Waals surface area contributed by atoms with E-state index in [2.05, 4.69) is 26.0 Å². The van der Waals surface area contributed by atoms with E-state index in [0.29, 0.717) is 13.0 Å². The molecule has 1 aliphatic rings. The summed E-state index contributed by atoms with van der Waals surface area (Å²) in [6, 6.07) is 0. The molecule has 55 heavy (non-hydrogen) atoms. The zero-order valence-electron chi connectivity index (χ0n) is 35.7. The van der Waals surface area contributed by atoms with Crippen LogP contribution >= 0.6 is 0 Å². The molecule has 9 nitrogen and oxygen atoms in total. The molecule has 0 bridgehead atoms. The van der Waals surface area contributed by atoms with Crippen LogP contribution in [0, 0.1) is 0 Å². The number of hydrogen-bond acceptors (Lipinski definition) is 9. The molecule has 0 aromatic heterocycles. The number of carbonyl (C=O) groups excluding carboxylic acids is 1. The highest BCUT2D eigenvalue weighted by Gasteiger charge is 2.44. The third-order valence-corrected chi connectivity index (χ3v) is 10.9. The second kappa shape index (κ2) is 38.4. The van der Waals surface area contributed by atoms with E-state index in [4.69, 9.17) is 18.9 Å². The van der Waals surface area contributed by atoms with Crippen molar-refractivity contribution < 1.29 is 44.2 Å². The highest BCUT2D eigenvalue weighted by atomic mass is 16.7. The summed E-state index contributed by atoms with van der Waals surface area (Å²) in [5, 5.41) is 40.1. The number of carbonyl (C=O) groups is 1. The topological polar surface area (TPSA) is 135 Å². The fraction of sp³-hybridized carbons (Fsp3) is 0.935. The van der Waals surface area contributed by atoms with Gasteiger partial charge in [0.1, 0.15) is 30.5 Å². The van der Waals surface area contributed by atoms with Gasteiger partial charge in [0.15, 0.2) is 6.29 Å². The normalized spacial score (nSPS) is 20.7. The van der Waals surface area contributed by atoms with Gasteiger partial charge in [0.25, 0.3) is 0 Å². The molecule has 1 heterocycles. The van der Waals surface area contributed by atoms with E-state index in [-0.39, 0.29) is 19.2 Å². The maximum atomic E-state index is 12.8. The lowest BCUT2D eigenvalue weighted by Crippen LogP contribution is -2.59. The SMILES string of the molecule is CCCCCCCC/C=C\CCCCCCCC(=O)OC(COCCCCCCCCCCCCCCCCCCC)COC1OC(CO)C(O)C(O)C1O. The zero-order chi connectivity index (χ0) is 40.0. The zero-order valence-corrected chi connectivity index (χ0v) is 35.7. The van der Waals surface area contributed by atoms with Crippen LogP contribution in [0.5, 0.6) is 0 Å². The second-order valence-corrected chi connectivity index (χ2v) is 16.2. The van der Waals surface area contributed by atoms with Gasteiger partial charge in [0.2, 0.25) is 0 Å². The Morgan fingerprint density at radius 3 is 1.47 bits per heavy atom. The van der Waals surface area contributed by atoms with Crippen molar-refractivity contribution in [3.8, 4) is 0 Å². The summed E-state index contributed by atoms with van der Waals surface area (Å²) in [7, 11) is 0. The number of aliphatic hydroxyl groups is 4. The molecule has 0 radical (unpaired) electrons. The Labute approximate surface area is 337 Å². The number of ether oxygens (including phenoxy) is 4. The summed E-state index contributed by atoms with van der Waals surface area (Å²) in [6.07, 6.45) is 35.2. The van der Waals surface area contributed by atoms with Crippen LogP contribution in [0.25, 0.3) is 0 Å². The van der Waals surface area contributed by atoms with Gasteiger partial charge in [-0.25, -0.2) is 0 Å². The Kier molecular flexibility index (Phi) is 36.3. The van der Waals surface area contributed by atoms with Gasteiger partial charge in [0.05, 0.1) is 19.8 Å². The molecule has 0 saturated carbocycles. The average molecular weight is 785 g/mol. The number of rotatable bonds is 40. The largest absolute Gasteiger partial charge is 0.457 e. The van der Waals surface area contributed by atoms with Gasteiger partial charge in [-0.2, -0.15) is 0 Å². The monoisotopic (exact) mass is 785 g/mol.